The van der Waals surface area contributed by atoms with Gasteiger partial charge in [0.25, 0.3) is 0 Å². The molecule has 0 aliphatic carbocycles. The fraction of sp³-hybridized carbons (Fsp3) is 0.943. The van der Waals surface area contributed by atoms with Gasteiger partial charge in [-0.15, -0.1) is 0 Å². The zero-order chi connectivity index (χ0) is 55.1. The first-order valence-electron chi connectivity index (χ1n) is 33.8. The summed E-state index contributed by atoms with van der Waals surface area (Å²) in [5, 5.41) is 9.06. The first-order valence-corrected chi connectivity index (χ1v) is 33.8. The minimum atomic E-state index is -0.655. The van der Waals surface area contributed by atoms with Crippen LogP contribution in [0.4, 0.5) is 0 Å². The highest BCUT2D eigenvalue weighted by Crippen LogP contribution is 2.29. The maximum absolute atomic E-state index is 12.4. The summed E-state index contributed by atoms with van der Waals surface area (Å²) in [7, 11) is 0. The summed E-state index contributed by atoms with van der Waals surface area (Å²) in [5.41, 5.74) is 0. The van der Waals surface area contributed by atoms with Crippen LogP contribution >= 0.6 is 0 Å². The Bertz CT molecular complexity index is 1160. The first kappa shape index (κ1) is 74.8. The van der Waals surface area contributed by atoms with Crippen LogP contribution in [0.25, 0.3) is 0 Å². The lowest BCUT2D eigenvalue weighted by Crippen LogP contribution is -2.19. The second kappa shape index (κ2) is 57.8. The fourth-order valence-corrected chi connectivity index (χ4v) is 12.1. The summed E-state index contributed by atoms with van der Waals surface area (Å²) in [6, 6.07) is 0. The van der Waals surface area contributed by atoms with Gasteiger partial charge in [-0.05, 0) is 106 Å². The largest absolute Gasteiger partial charge is 0.481 e. The molecule has 0 aromatic rings. The van der Waals surface area contributed by atoms with Gasteiger partial charge < -0.3 is 9.84 Å². The number of carbonyl (C=O) groups is 2. The summed E-state index contributed by atoms with van der Waals surface area (Å²) in [4.78, 5) is 23.4. The average Bonchev–Trinajstić information content (AvgIpc) is 3.35. The molecule has 0 amide bonds. The number of rotatable bonds is 56. The van der Waals surface area contributed by atoms with E-state index in [1.54, 1.807) is 0 Å². The van der Waals surface area contributed by atoms with Gasteiger partial charge in [-0.1, -0.05) is 313 Å². The molecule has 0 spiro atoms. The number of unbranched alkanes of at least 4 members (excludes halogenated alkanes) is 34. The smallest absolute Gasteiger partial charge is 0.308 e. The minimum absolute atomic E-state index is 0.0195. The summed E-state index contributed by atoms with van der Waals surface area (Å²) < 4.78 is 5.57. The fourth-order valence-electron chi connectivity index (χ4n) is 12.1. The molecule has 0 aromatic carbocycles. The number of carbonyl (C=O) groups excluding carboxylic acids is 1. The van der Waals surface area contributed by atoms with Crippen LogP contribution in [-0.4, -0.2) is 23.7 Å². The SMILES string of the molecule is CCCCCC/C=C/CCCCCCCCC(C)CC(C)CC(C)CC(C)C(=O)O.CCCCCCCCCCCCCCCCCCCCCCC(C)CC(C)CC(C)CC(C)C(=O)OCCCCCCCC. The van der Waals surface area contributed by atoms with Gasteiger partial charge in [0.2, 0.25) is 0 Å². The molecule has 0 aromatic heterocycles. The number of carboxylic acids is 1. The number of carboxylic acid groups (broad SMARTS) is 1. The molecule has 0 aliphatic heterocycles. The van der Waals surface area contributed by atoms with E-state index in [0.29, 0.717) is 24.4 Å². The van der Waals surface area contributed by atoms with E-state index in [4.69, 9.17) is 9.84 Å². The molecular weight excluding hydrogens is 905 g/mol. The molecule has 442 valence electrons. The molecule has 0 rings (SSSR count). The van der Waals surface area contributed by atoms with Crippen molar-refractivity contribution >= 4 is 11.9 Å². The maximum atomic E-state index is 12.4. The topological polar surface area (TPSA) is 63.6 Å². The Labute approximate surface area is 466 Å². The Balaban J connectivity index is 0. The lowest BCUT2D eigenvalue weighted by atomic mass is 9.84. The Hall–Kier alpha value is -1.32. The quantitative estimate of drug-likeness (QED) is 0.0375. The van der Waals surface area contributed by atoms with E-state index in [0.717, 1.165) is 43.4 Å². The monoisotopic (exact) mass is 1040 g/mol. The van der Waals surface area contributed by atoms with Crippen molar-refractivity contribution in [1.29, 1.82) is 0 Å². The van der Waals surface area contributed by atoms with Gasteiger partial charge in [0.15, 0.2) is 0 Å². The van der Waals surface area contributed by atoms with Gasteiger partial charge in [-0.3, -0.25) is 9.59 Å². The molecule has 0 heterocycles. The van der Waals surface area contributed by atoms with E-state index in [2.05, 4.69) is 81.4 Å². The second-order valence-electron chi connectivity index (χ2n) is 25.6. The van der Waals surface area contributed by atoms with E-state index in [1.165, 1.54) is 270 Å². The highest BCUT2D eigenvalue weighted by molar-refractivity contribution is 5.72. The van der Waals surface area contributed by atoms with Gasteiger partial charge in [0.1, 0.15) is 0 Å². The molecule has 0 fully saturated rings. The third-order valence-corrected chi connectivity index (χ3v) is 16.6. The van der Waals surface area contributed by atoms with E-state index in [1.807, 2.05) is 6.92 Å². The van der Waals surface area contributed by atoms with E-state index in [-0.39, 0.29) is 17.8 Å². The van der Waals surface area contributed by atoms with Crippen LogP contribution in [-0.2, 0) is 14.3 Å². The van der Waals surface area contributed by atoms with Crippen LogP contribution in [0, 0.1) is 47.3 Å². The third kappa shape index (κ3) is 56.9. The molecule has 0 aliphatic rings. The van der Waals surface area contributed by atoms with Gasteiger partial charge in [-0.2, -0.15) is 0 Å². The molecular formula is C70H138O4. The minimum Gasteiger partial charge on any atom is -0.481 e. The second-order valence-corrected chi connectivity index (χ2v) is 25.6. The summed E-state index contributed by atoms with van der Waals surface area (Å²) in [5.74, 6) is 3.36. The molecule has 0 saturated heterocycles. The Morgan fingerprint density at radius 3 is 0.919 bits per heavy atom. The van der Waals surface area contributed by atoms with Crippen LogP contribution in [0.1, 0.15) is 372 Å². The van der Waals surface area contributed by atoms with Crippen molar-refractivity contribution in [3.63, 3.8) is 0 Å². The third-order valence-electron chi connectivity index (χ3n) is 16.6. The predicted molar refractivity (Wildman–Crippen MR) is 330 cm³/mol. The molecule has 74 heavy (non-hydrogen) atoms. The number of aliphatic carboxylic acids is 1. The first-order chi connectivity index (χ1) is 35.8. The molecule has 0 saturated carbocycles. The molecule has 1 N–H and O–H groups in total. The van der Waals surface area contributed by atoms with Crippen molar-refractivity contribution in [3.05, 3.63) is 12.2 Å². The van der Waals surface area contributed by atoms with Gasteiger partial charge >= 0.3 is 11.9 Å². The van der Waals surface area contributed by atoms with E-state index in [9.17, 15) is 9.59 Å². The average molecular weight is 1040 g/mol. The number of esters is 1. The van der Waals surface area contributed by atoms with Crippen LogP contribution in [0.5, 0.6) is 0 Å². The molecule has 8 unspecified atom stereocenters. The van der Waals surface area contributed by atoms with Crippen LogP contribution in [0.15, 0.2) is 12.2 Å². The van der Waals surface area contributed by atoms with Crippen molar-refractivity contribution in [2.75, 3.05) is 6.61 Å². The summed E-state index contributed by atoms with van der Waals surface area (Å²) >= 11 is 0. The van der Waals surface area contributed by atoms with Gasteiger partial charge in [0.05, 0.1) is 18.4 Å². The van der Waals surface area contributed by atoms with E-state index < -0.39 is 5.97 Å². The highest BCUT2D eigenvalue weighted by Gasteiger charge is 2.21. The van der Waals surface area contributed by atoms with Crippen molar-refractivity contribution < 1.29 is 19.4 Å². The van der Waals surface area contributed by atoms with Crippen molar-refractivity contribution in [1.82, 2.24) is 0 Å². The molecule has 8 atom stereocenters. The predicted octanol–water partition coefficient (Wildman–Crippen LogP) is 24.2. The standard InChI is InChI=1S/C42H84O2.C28H54O2/c1-7-9-11-13-15-16-17-18-19-20-21-22-23-24-25-26-27-28-29-31-33-38(3)35-39(4)36-40(5)37-41(6)42(43)44-34-32-30-14-12-10-8-2;1-6-7-8-9-10-11-12-13-14-15-16-17-18-19-20-24(2)21-25(3)22-26(4)23-27(5)28(29)30/h38-41H,7-37H2,1-6H3;11-12,24-27H,6-10,13-23H2,1-5H3,(H,29,30)/b;12-11+. The number of ether oxygens (including phenoxy) is 1. The normalized spacial score (nSPS) is 15.0. The van der Waals surface area contributed by atoms with Crippen LogP contribution < -0.4 is 0 Å². The summed E-state index contributed by atoms with van der Waals surface area (Å²) in [6.45, 7) is 25.5. The Kier molecular flexibility index (Phi) is 58.4. The zero-order valence-electron chi connectivity index (χ0n) is 52.7. The van der Waals surface area contributed by atoms with Crippen LogP contribution in [0.2, 0.25) is 0 Å². The van der Waals surface area contributed by atoms with Crippen molar-refractivity contribution in [2.24, 2.45) is 47.3 Å². The Morgan fingerprint density at radius 1 is 0.324 bits per heavy atom. The number of allylic oxidation sites excluding steroid dienone is 2. The van der Waals surface area contributed by atoms with Crippen molar-refractivity contribution in [2.45, 2.75) is 372 Å². The lowest BCUT2D eigenvalue weighted by Gasteiger charge is -2.22. The zero-order valence-corrected chi connectivity index (χ0v) is 52.7. The van der Waals surface area contributed by atoms with E-state index >= 15 is 0 Å². The molecule has 4 heteroatoms. The lowest BCUT2D eigenvalue weighted by molar-refractivity contribution is -0.148. The number of hydrogen-bond donors (Lipinski definition) is 1. The number of hydrogen-bond acceptors (Lipinski definition) is 3. The maximum Gasteiger partial charge on any atom is 0.308 e. The molecule has 0 bridgehead atoms. The van der Waals surface area contributed by atoms with Crippen LogP contribution in [0.3, 0.4) is 0 Å². The Morgan fingerprint density at radius 2 is 0.581 bits per heavy atom. The van der Waals surface area contributed by atoms with Gasteiger partial charge in [0, 0.05) is 0 Å². The van der Waals surface area contributed by atoms with Crippen molar-refractivity contribution in [3.8, 4) is 0 Å². The van der Waals surface area contributed by atoms with Gasteiger partial charge in [-0.25, -0.2) is 0 Å². The molecule has 0 radical (unpaired) electrons. The summed E-state index contributed by atoms with van der Waals surface area (Å²) in [6.07, 6.45) is 67.1. The molecule has 4 nitrogen and oxygen atoms in total. The highest BCUT2D eigenvalue weighted by atomic mass is 16.5.